The zero-order valence-electron chi connectivity index (χ0n) is 12.9. The van der Waals surface area contributed by atoms with E-state index < -0.39 is 0 Å². The van der Waals surface area contributed by atoms with Crippen molar-refractivity contribution in [3.63, 3.8) is 0 Å². The fourth-order valence-electron chi connectivity index (χ4n) is 3.48. The molecule has 1 aliphatic carbocycles. The van der Waals surface area contributed by atoms with Crippen LogP contribution in [-0.2, 0) is 6.54 Å². The van der Waals surface area contributed by atoms with Crippen LogP contribution < -0.4 is 5.32 Å². The standard InChI is InChI=1S/C18H29N/c1-14-11-15(2)18(16(3)12-14)13-19-10-9-17-7-5-4-6-8-17/h11-12,17,19H,4-10,13H2,1-3H3. The number of benzene rings is 1. The highest BCUT2D eigenvalue weighted by molar-refractivity contribution is 5.37. The lowest BCUT2D eigenvalue weighted by Crippen LogP contribution is -2.20. The molecule has 0 unspecified atom stereocenters. The molecule has 1 aliphatic rings. The van der Waals surface area contributed by atoms with Crippen molar-refractivity contribution >= 4 is 0 Å². The second-order valence-corrected chi connectivity index (χ2v) is 6.35. The first-order valence-corrected chi connectivity index (χ1v) is 7.94. The van der Waals surface area contributed by atoms with Crippen molar-refractivity contribution in [1.29, 1.82) is 0 Å². The first-order valence-electron chi connectivity index (χ1n) is 7.94. The summed E-state index contributed by atoms with van der Waals surface area (Å²) >= 11 is 0. The fourth-order valence-corrected chi connectivity index (χ4v) is 3.48. The van der Waals surface area contributed by atoms with E-state index in [1.807, 2.05) is 0 Å². The number of hydrogen-bond donors (Lipinski definition) is 1. The Balaban J connectivity index is 1.76. The van der Waals surface area contributed by atoms with Gasteiger partial charge in [0.05, 0.1) is 0 Å². The molecule has 0 saturated heterocycles. The molecule has 0 aliphatic heterocycles. The lowest BCUT2D eigenvalue weighted by Gasteiger charge is -2.21. The Kier molecular flexibility index (Phi) is 5.45. The number of nitrogens with one attached hydrogen (secondary N) is 1. The van der Waals surface area contributed by atoms with Gasteiger partial charge in [-0.05, 0) is 56.3 Å². The molecule has 0 amide bonds. The van der Waals surface area contributed by atoms with E-state index >= 15 is 0 Å². The highest BCUT2D eigenvalue weighted by Gasteiger charge is 2.12. The van der Waals surface area contributed by atoms with E-state index in [4.69, 9.17) is 0 Å². The van der Waals surface area contributed by atoms with Gasteiger partial charge in [0.25, 0.3) is 0 Å². The van der Waals surface area contributed by atoms with E-state index in [0.29, 0.717) is 0 Å². The maximum Gasteiger partial charge on any atom is 0.0210 e. The second kappa shape index (κ2) is 7.09. The highest BCUT2D eigenvalue weighted by atomic mass is 14.8. The Bertz CT molecular complexity index is 379. The van der Waals surface area contributed by atoms with Crippen LogP contribution in [0.25, 0.3) is 0 Å². The van der Waals surface area contributed by atoms with Crippen LogP contribution in [0.5, 0.6) is 0 Å². The summed E-state index contributed by atoms with van der Waals surface area (Å²) in [6.45, 7) is 8.86. The van der Waals surface area contributed by atoms with Crippen LogP contribution in [-0.4, -0.2) is 6.54 Å². The zero-order chi connectivity index (χ0) is 13.7. The summed E-state index contributed by atoms with van der Waals surface area (Å²) in [6.07, 6.45) is 8.67. The van der Waals surface area contributed by atoms with E-state index in [9.17, 15) is 0 Å². The van der Waals surface area contributed by atoms with E-state index in [2.05, 4.69) is 38.2 Å². The van der Waals surface area contributed by atoms with Crippen molar-refractivity contribution in [2.45, 2.75) is 65.8 Å². The molecule has 1 heteroatoms. The average molecular weight is 259 g/mol. The van der Waals surface area contributed by atoms with Crippen LogP contribution in [0.3, 0.4) is 0 Å². The molecular weight excluding hydrogens is 230 g/mol. The topological polar surface area (TPSA) is 12.0 Å². The fraction of sp³-hybridized carbons (Fsp3) is 0.667. The zero-order valence-corrected chi connectivity index (χ0v) is 12.9. The molecule has 0 radical (unpaired) electrons. The van der Waals surface area contributed by atoms with Crippen molar-refractivity contribution in [2.75, 3.05) is 6.54 Å². The minimum Gasteiger partial charge on any atom is -0.313 e. The van der Waals surface area contributed by atoms with Crippen molar-refractivity contribution in [3.05, 3.63) is 34.4 Å². The molecule has 1 aromatic rings. The average Bonchev–Trinajstić information content (AvgIpc) is 2.38. The molecule has 1 saturated carbocycles. The van der Waals surface area contributed by atoms with Gasteiger partial charge in [-0.3, -0.25) is 0 Å². The Morgan fingerprint density at radius 1 is 1.00 bits per heavy atom. The summed E-state index contributed by atoms with van der Waals surface area (Å²) in [7, 11) is 0. The quantitative estimate of drug-likeness (QED) is 0.758. The number of rotatable bonds is 5. The predicted octanol–water partition coefficient (Wildman–Crippen LogP) is 4.67. The monoisotopic (exact) mass is 259 g/mol. The van der Waals surface area contributed by atoms with Gasteiger partial charge in [-0.25, -0.2) is 0 Å². The molecule has 0 bridgehead atoms. The van der Waals surface area contributed by atoms with Crippen LogP contribution in [0.2, 0.25) is 0 Å². The lowest BCUT2D eigenvalue weighted by atomic mass is 9.87. The van der Waals surface area contributed by atoms with Gasteiger partial charge in [0.1, 0.15) is 0 Å². The summed E-state index contributed by atoms with van der Waals surface area (Å²) < 4.78 is 0. The van der Waals surface area contributed by atoms with Gasteiger partial charge in [-0.15, -0.1) is 0 Å². The Morgan fingerprint density at radius 3 is 2.26 bits per heavy atom. The van der Waals surface area contributed by atoms with Gasteiger partial charge in [0.2, 0.25) is 0 Å². The first-order chi connectivity index (χ1) is 9.16. The van der Waals surface area contributed by atoms with Gasteiger partial charge < -0.3 is 5.32 Å². The predicted molar refractivity (Wildman–Crippen MR) is 83.6 cm³/mol. The third-order valence-electron chi connectivity index (χ3n) is 4.60. The Hall–Kier alpha value is -0.820. The molecule has 1 N–H and O–H groups in total. The van der Waals surface area contributed by atoms with E-state index in [0.717, 1.165) is 12.5 Å². The summed E-state index contributed by atoms with van der Waals surface area (Å²) in [5.41, 5.74) is 5.74. The van der Waals surface area contributed by atoms with Gasteiger partial charge in [-0.1, -0.05) is 49.8 Å². The molecule has 0 atom stereocenters. The SMILES string of the molecule is Cc1cc(C)c(CNCCC2CCCCC2)c(C)c1. The summed E-state index contributed by atoms with van der Waals surface area (Å²) in [5.74, 6) is 0.987. The first kappa shape index (κ1) is 14.6. The summed E-state index contributed by atoms with van der Waals surface area (Å²) in [4.78, 5) is 0. The minimum atomic E-state index is 0.987. The maximum absolute atomic E-state index is 3.65. The van der Waals surface area contributed by atoms with E-state index in [-0.39, 0.29) is 0 Å². The van der Waals surface area contributed by atoms with Crippen molar-refractivity contribution in [2.24, 2.45) is 5.92 Å². The normalized spacial score (nSPS) is 16.8. The molecule has 19 heavy (non-hydrogen) atoms. The largest absolute Gasteiger partial charge is 0.313 e. The van der Waals surface area contributed by atoms with Crippen LogP contribution in [0.1, 0.15) is 60.8 Å². The summed E-state index contributed by atoms with van der Waals surface area (Å²) in [5, 5.41) is 3.65. The van der Waals surface area contributed by atoms with Crippen molar-refractivity contribution in [1.82, 2.24) is 5.32 Å². The van der Waals surface area contributed by atoms with E-state index in [1.165, 1.54) is 67.3 Å². The lowest BCUT2D eigenvalue weighted by molar-refractivity contribution is 0.334. The van der Waals surface area contributed by atoms with Gasteiger partial charge in [-0.2, -0.15) is 0 Å². The Morgan fingerprint density at radius 2 is 1.63 bits per heavy atom. The molecule has 0 heterocycles. The molecular formula is C18H29N. The molecule has 1 aromatic carbocycles. The van der Waals surface area contributed by atoms with Crippen molar-refractivity contribution < 1.29 is 0 Å². The molecule has 2 rings (SSSR count). The molecule has 1 fully saturated rings. The molecule has 0 aromatic heterocycles. The molecule has 1 nitrogen and oxygen atoms in total. The smallest absolute Gasteiger partial charge is 0.0210 e. The van der Waals surface area contributed by atoms with E-state index in [1.54, 1.807) is 0 Å². The molecule has 0 spiro atoms. The maximum atomic E-state index is 3.65. The van der Waals surface area contributed by atoms with Crippen LogP contribution >= 0.6 is 0 Å². The number of aryl methyl sites for hydroxylation is 3. The highest BCUT2D eigenvalue weighted by Crippen LogP contribution is 2.25. The van der Waals surface area contributed by atoms with Gasteiger partial charge in [0, 0.05) is 6.54 Å². The Labute approximate surface area is 118 Å². The summed E-state index contributed by atoms with van der Waals surface area (Å²) in [6, 6.07) is 4.59. The van der Waals surface area contributed by atoms with Crippen LogP contribution in [0.4, 0.5) is 0 Å². The second-order valence-electron chi connectivity index (χ2n) is 6.35. The van der Waals surface area contributed by atoms with Crippen molar-refractivity contribution in [3.8, 4) is 0 Å². The van der Waals surface area contributed by atoms with Gasteiger partial charge in [0.15, 0.2) is 0 Å². The van der Waals surface area contributed by atoms with Gasteiger partial charge >= 0.3 is 0 Å². The third-order valence-corrected chi connectivity index (χ3v) is 4.60. The third kappa shape index (κ3) is 4.35. The minimum absolute atomic E-state index is 0.987. The van der Waals surface area contributed by atoms with Crippen LogP contribution in [0.15, 0.2) is 12.1 Å². The van der Waals surface area contributed by atoms with Crippen LogP contribution in [0, 0.1) is 26.7 Å². The number of hydrogen-bond acceptors (Lipinski definition) is 1. The molecule has 106 valence electrons.